The topological polar surface area (TPSA) is 55.5 Å². The highest BCUT2D eigenvalue weighted by Crippen LogP contribution is 2.26. The number of hydrogen-bond acceptors (Lipinski definition) is 3. The van der Waals surface area contributed by atoms with E-state index < -0.39 is 0 Å². The number of rotatable bonds is 2. The minimum Gasteiger partial charge on any atom is -0.508 e. The van der Waals surface area contributed by atoms with Crippen molar-refractivity contribution in [2.45, 2.75) is 20.0 Å². The standard InChI is InChI=1S/C9H13NO2/c1-6(2)12-9-5-7(11)3-4-8(9)10/h3-6,11H,10H2,1-2H3. The number of benzene rings is 1. The second-order valence-electron chi connectivity index (χ2n) is 2.89. The van der Waals surface area contributed by atoms with Gasteiger partial charge in [-0.25, -0.2) is 0 Å². The van der Waals surface area contributed by atoms with Crippen LogP contribution in [0.2, 0.25) is 0 Å². The lowest BCUT2D eigenvalue weighted by atomic mass is 10.3. The second-order valence-corrected chi connectivity index (χ2v) is 2.89. The first-order valence-electron chi connectivity index (χ1n) is 3.84. The molecule has 0 radical (unpaired) electrons. The van der Waals surface area contributed by atoms with Gasteiger partial charge in [-0.2, -0.15) is 0 Å². The lowest BCUT2D eigenvalue weighted by Crippen LogP contribution is -2.07. The van der Waals surface area contributed by atoms with Gasteiger partial charge in [0.05, 0.1) is 11.8 Å². The highest BCUT2D eigenvalue weighted by atomic mass is 16.5. The highest BCUT2D eigenvalue weighted by molar-refractivity contribution is 5.55. The zero-order valence-electron chi connectivity index (χ0n) is 7.24. The molecule has 3 heteroatoms. The van der Waals surface area contributed by atoms with Gasteiger partial charge >= 0.3 is 0 Å². The quantitative estimate of drug-likeness (QED) is 0.521. The molecule has 0 spiro atoms. The number of phenolic OH excluding ortho intramolecular Hbond substituents is 1. The van der Waals surface area contributed by atoms with Crippen LogP contribution in [0.4, 0.5) is 5.69 Å². The number of aromatic hydroxyl groups is 1. The van der Waals surface area contributed by atoms with Crippen molar-refractivity contribution >= 4 is 5.69 Å². The fraction of sp³-hybridized carbons (Fsp3) is 0.333. The lowest BCUT2D eigenvalue weighted by Gasteiger charge is -2.11. The molecule has 0 bridgehead atoms. The predicted molar refractivity (Wildman–Crippen MR) is 48.3 cm³/mol. The molecular formula is C9H13NO2. The number of phenols is 1. The Morgan fingerprint density at radius 3 is 2.67 bits per heavy atom. The molecule has 0 fully saturated rings. The first kappa shape index (κ1) is 8.71. The smallest absolute Gasteiger partial charge is 0.146 e. The van der Waals surface area contributed by atoms with Gasteiger partial charge in [0.1, 0.15) is 11.5 Å². The van der Waals surface area contributed by atoms with Gasteiger partial charge in [0.25, 0.3) is 0 Å². The summed E-state index contributed by atoms with van der Waals surface area (Å²) in [4.78, 5) is 0. The van der Waals surface area contributed by atoms with E-state index in [1.54, 1.807) is 6.07 Å². The van der Waals surface area contributed by atoms with E-state index in [2.05, 4.69) is 0 Å². The van der Waals surface area contributed by atoms with Crippen molar-refractivity contribution in [2.24, 2.45) is 0 Å². The van der Waals surface area contributed by atoms with E-state index in [1.807, 2.05) is 13.8 Å². The minimum atomic E-state index is 0.0640. The molecule has 1 aromatic carbocycles. The Morgan fingerprint density at radius 2 is 2.08 bits per heavy atom. The van der Waals surface area contributed by atoms with E-state index in [0.29, 0.717) is 11.4 Å². The summed E-state index contributed by atoms with van der Waals surface area (Å²) in [6.45, 7) is 3.81. The summed E-state index contributed by atoms with van der Waals surface area (Å²) in [5, 5.41) is 9.11. The van der Waals surface area contributed by atoms with E-state index in [0.717, 1.165) is 0 Å². The molecule has 0 atom stereocenters. The molecule has 0 aliphatic heterocycles. The highest BCUT2D eigenvalue weighted by Gasteiger charge is 2.02. The Hall–Kier alpha value is -1.38. The SMILES string of the molecule is CC(C)Oc1cc(O)ccc1N. The molecule has 0 aliphatic rings. The molecule has 12 heavy (non-hydrogen) atoms. The van der Waals surface area contributed by atoms with Crippen molar-refractivity contribution in [3.8, 4) is 11.5 Å². The third-order valence-corrected chi connectivity index (χ3v) is 1.36. The molecule has 0 saturated carbocycles. The number of nitrogens with two attached hydrogens (primary N) is 1. The number of hydrogen-bond donors (Lipinski definition) is 2. The van der Waals surface area contributed by atoms with Crippen LogP contribution >= 0.6 is 0 Å². The molecule has 0 heterocycles. The Kier molecular flexibility index (Phi) is 2.43. The van der Waals surface area contributed by atoms with Crippen LogP contribution in [0.25, 0.3) is 0 Å². The van der Waals surface area contributed by atoms with Crippen LogP contribution in [0.3, 0.4) is 0 Å². The van der Waals surface area contributed by atoms with Gasteiger partial charge in [-0.1, -0.05) is 0 Å². The summed E-state index contributed by atoms with van der Waals surface area (Å²) >= 11 is 0. The predicted octanol–water partition coefficient (Wildman–Crippen LogP) is 1.76. The molecule has 0 saturated heterocycles. The maximum Gasteiger partial charge on any atom is 0.146 e. The fourth-order valence-corrected chi connectivity index (χ4v) is 0.879. The summed E-state index contributed by atoms with van der Waals surface area (Å²) in [5.41, 5.74) is 6.14. The third-order valence-electron chi connectivity index (χ3n) is 1.36. The zero-order chi connectivity index (χ0) is 9.14. The normalized spacial score (nSPS) is 10.2. The van der Waals surface area contributed by atoms with Crippen molar-refractivity contribution in [1.29, 1.82) is 0 Å². The average molecular weight is 167 g/mol. The van der Waals surface area contributed by atoms with Crippen molar-refractivity contribution in [2.75, 3.05) is 5.73 Å². The minimum absolute atomic E-state index is 0.0640. The van der Waals surface area contributed by atoms with Gasteiger partial charge in [-0.05, 0) is 26.0 Å². The Bertz CT molecular complexity index is 271. The molecular weight excluding hydrogens is 154 g/mol. The second kappa shape index (κ2) is 3.34. The molecule has 1 rings (SSSR count). The molecule has 1 aromatic rings. The van der Waals surface area contributed by atoms with Gasteiger partial charge in [0.15, 0.2) is 0 Å². The van der Waals surface area contributed by atoms with Gasteiger partial charge in [0, 0.05) is 6.07 Å². The van der Waals surface area contributed by atoms with Crippen LogP contribution in [0.1, 0.15) is 13.8 Å². The third kappa shape index (κ3) is 2.05. The summed E-state index contributed by atoms with van der Waals surface area (Å²) < 4.78 is 5.34. The van der Waals surface area contributed by atoms with E-state index in [9.17, 15) is 0 Å². The number of ether oxygens (including phenoxy) is 1. The van der Waals surface area contributed by atoms with Gasteiger partial charge in [-0.15, -0.1) is 0 Å². The first-order valence-corrected chi connectivity index (χ1v) is 3.84. The molecule has 3 nitrogen and oxygen atoms in total. The van der Waals surface area contributed by atoms with E-state index in [-0.39, 0.29) is 11.9 Å². The Labute approximate surface area is 71.8 Å². The van der Waals surface area contributed by atoms with E-state index in [1.165, 1.54) is 12.1 Å². The van der Waals surface area contributed by atoms with Crippen LogP contribution in [0, 0.1) is 0 Å². The van der Waals surface area contributed by atoms with Crippen molar-refractivity contribution in [3.05, 3.63) is 18.2 Å². The van der Waals surface area contributed by atoms with Crippen molar-refractivity contribution in [3.63, 3.8) is 0 Å². The van der Waals surface area contributed by atoms with Crippen LogP contribution in [-0.2, 0) is 0 Å². The monoisotopic (exact) mass is 167 g/mol. The lowest BCUT2D eigenvalue weighted by molar-refractivity contribution is 0.243. The molecule has 0 aromatic heterocycles. The number of nitrogen functional groups attached to an aromatic ring is 1. The van der Waals surface area contributed by atoms with Crippen molar-refractivity contribution < 1.29 is 9.84 Å². The van der Waals surface area contributed by atoms with Crippen LogP contribution < -0.4 is 10.5 Å². The zero-order valence-corrected chi connectivity index (χ0v) is 7.24. The Morgan fingerprint density at radius 1 is 1.42 bits per heavy atom. The molecule has 0 amide bonds. The summed E-state index contributed by atoms with van der Waals surface area (Å²) in [6.07, 6.45) is 0.0640. The fourth-order valence-electron chi connectivity index (χ4n) is 0.879. The van der Waals surface area contributed by atoms with Crippen LogP contribution in [-0.4, -0.2) is 11.2 Å². The van der Waals surface area contributed by atoms with E-state index in [4.69, 9.17) is 15.6 Å². The molecule has 3 N–H and O–H groups in total. The summed E-state index contributed by atoms with van der Waals surface area (Å²) in [5.74, 6) is 0.699. The first-order chi connectivity index (χ1) is 5.59. The summed E-state index contributed by atoms with van der Waals surface area (Å²) in [7, 11) is 0. The van der Waals surface area contributed by atoms with E-state index >= 15 is 0 Å². The number of anilines is 1. The van der Waals surface area contributed by atoms with Gasteiger partial charge < -0.3 is 15.6 Å². The van der Waals surface area contributed by atoms with Gasteiger partial charge in [-0.3, -0.25) is 0 Å². The molecule has 0 unspecified atom stereocenters. The Balaban J connectivity index is 2.90. The average Bonchev–Trinajstić information content (AvgIpc) is 1.96. The summed E-state index contributed by atoms with van der Waals surface area (Å²) in [6, 6.07) is 4.66. The maximum absolute atomic E-state index is 9.11. The molecule has 0 aliphatic carbocycles. The largest absolute Gasteiger partial charge is 0.508 e. The van der Waals surface area contributed by atoms with Crippen LogP contribution in [0.15, 0.2) is 18.2 Å². The van der Waals surface area contributed by atoms with Crippen LogP contribution in [0.5, 0.6) is 11.5 Å². The molecule has 66 valence electrons. The van der Waals surface area contributed by atoms with Gasteiger partial charge in [0.2, 0.25) is 0 Å². The maximum atomic E-state index is 9.11. The van der Waals surface area contributed by atoms with Crippen molar-refractivity contribution in [1.82, 2.24) is 0 Å².